The Morgan fingerprint density at radius 2 is 2.00 bits per heavy atom. The van der Waals surface area contributed by atoms with Crippen molar-refractivity contribution >= 4 is 0 Å². The second kappa shape index (κ2) is 5.37. The third-order valence-electron chi connectivity index (χ3n) is 3.70. The smallest absolute Gasteiger partial charge is 0.123 e. The van der Waals surface area contributed by atoms with E-state index in [0.29, 0.717) is 6.04 Å². The van der Waals surface area contributed by atoms with Crippen LogP contribution >= 0.6 is 0 Å². The highest BCUT2D eigenvalue weighted by Crippen LogP contribution is 2.15. The number of hydrogen-bond acceptors (Lipinski definition) is 2. The molecule has 0 saturated carbocycles. The van der Waals surface area contributed by atoms with Crippen LogP contribution in [0.3, 0.4) is 0 Å². The molecule has 2 rings (SSSR count). The molecule has 1 heterocycles. The average molecular weight is 250 g/mol. The van der Waals surface area contributed by atoms with E-state index in [-0.39, 0.29) is 11.4 Å². The van der Waals surface area contributed by atoms with Gasteiger partial charge in [-0.15, -0.1) is 0 Å². The van der Waals surface area contributed by atoms with E-state index in [0.717, 1.165) is 26.1 Å². The van der Waals surface area contributed by atoms with Gasteiger partial charge in [0.2, 0.25) is 0 Å². The lowest BCUT2D eigenvalue weighted by Crippen LogP contribution is -2.60. The molecule has 1 N–H and O–H groups in total. The summed E-state index contributed by atoms with van der Waals surface area (Å²) < 4.78 is 12.8. The summed E-state index contributed by atoms with van der Waals surface area (Å²) in [7, 11) is 0. The minimum Gasteiger partial charge on any atom is -0.309 e. The molecule has 1 saturated heterocycles. The zero-order chi connectivity index (χ0) is 13.2. The molecule has 0 bridgehead atoms. The number of piperazine rings is 1. The zero-order valence-electron chi connectivity index (χ0n) is 11.5. The molecule has 1 atom stereocenters. The third-order valence-corrected chi connectivity index (χ3v) is 3.70. The first-order valence-electron chi connectivity index (χ1n) is 6.70. The van der Waals surface area contributed by atoms with Crippen molar-refractivity contribution in [2.24, 2.45) is 0 Å². The standard InChI is InChI=1S/C15H23FN2/c1-12-10-17-15(2,3)11-18(12)9-8-13-4-6-14(16)7-5-13/h4-7,12,17H,8-11H2,1-3H3. The summed E-state index contributed by atoms with van der Waals surface area (Å²) in [5, 5.41) is 3.55. The number of nitrogens with one attached hydrogen (secondary N) is 1. The minimum atomic E-state index is -0.157. The topological polar surface area (TPSA) is 15.3 Å². The molecule has 0 radical (unpaired) electrons. The van der Waals surface area contributed by atoms with Gasteiger partial charge < -0.3 is 5.32 Å². The largest absolute Gasteiger partial charge is 0.309 e. The number of nitrogens with zero attached hydrogens (tertiary/aromatic N) is 1. The molecule has 1 aliphatic heterocycles. The molecule has 0 aromatic heterocycles. The van der Waals surface area contributed by atoms with Crippen LogP contribution in [0.15, 0.2) is 24.3 Å². The Morgan fingerprint density at radius 1 is 1.33 bits per heavy atom. The molecule has 1 aromatic rings. The fourth-order valence-electron chi connectivity index (χ4n) is 2.50. The monoisotopic (exact) mass is 250 g/mol. The summed E-state index contributed by atoms with van der Waals surface area (Å²) in [4.78, 5) is 2.51. The fourth-order valence-corrected chi connectivity index (χ4v) is 2.50. The fraction of sp³-hybridized carbons (Fsp3) is 0.600. The second-order valence-corrected chi connectivity index (χ2v) is 5.96. The van der Waals surface area contributed by atoms with E-state index in [2.05, 4.69) is 31.0 Å². The summed E-state index contributed by atoms with van der Waals surface area (Å²) in [6.45, 7) is 9.88. The van der Waals surface area contributed by atoms with Crippen molar-refractivity contribution in [3.63, 3.8) is 0 Å². The van der Waals surface area contributed by atoms with Gasteiger partial charge in [0, 0.05) is 31.2 Å². The number of hydrogen-bond donors (Lipinski definition) is 1. The van der Waals surface area contributed by atoms with Gasteiger partial charge in [-0.25, -0.2) is 4.39 Å². The van der Waals surface area contributed by atoms with Crippen molar-refractivity contribution in [2.75, 3.05) is 19.6 Å². The molecule has 0 amide bonds. The lowest BCUT2D eigenvalue weighted by atomic mass is 9.98. The van der Waals surface area contributed by atoms with Crippen LogP contribution in [0.1, 0.15) is 26.3 Å². The van der Waals surface area contributed by atoms with Crippen LogP contribution in [0.4, 0.5) is 4.39 Å². The molecule has 1 aliphatic rings. The first kappa shape index (κ1) is 13.5. The van der Waals surface area contributed by atoms with Gasteiger partial charge in [0.15, 0.2) is 0 Å². The van der Waals surface area contributed by atoms with Gasteiger partial charge >= 0.3 is 0 Å². The van der Waals surface area contributed by atoms with Crippen LogP contribution in [0.2, 0.25) is 0 Å². The predicted molar refractivity (Wildman–Crippen MR) is 73.2 cm³/mol. The molecule has 0 spiro atoms. The zero-order valence-corrected chi connectivity index (χ0v) is 11.5. The van der Waals surface area contributed by atoms with Crippen LogP contribution in [-0.4, -0.2) is 36.1 Å². The lowest BCUT2D eigenvalue weighted by Gasteiger charge is -2.43. The normalized spacial score (nSPS) is 24.1. The minimum absolute atomic E-state index is 0.157. The summed E-state index contributed by atoms with van der Waals surface area (Å²) in [6.07, 6.45) is 0.987. The molecule has 0 aliphatic carbocycles. The van der Waals surface area contributed by atoms with E-state index in [1.54, 1.807) is 12.1 Å². The molecule has 3 heteroatoms. The maximum absolute atomic E-state index is 12.8. The summed E-state index contributed by atoms with van der Waals surface area (Å²) in [6, 6.07) is 7.42. The molecule has 100 valence electrons. The van der Waals surface area contributed by atoms with E-state index in [1.807, 2.05) is 12.1 Å². The molecular formula is C15H23FN2. The predicted octanol–water partition coefficient (Wildman–Crippen LogP) is 2.44. The summed E-state index contributed by atoms with van der Waals surface area (Å²) in [5.74, 6) is -0.157. The molecule has 1 fully saturated rings. The summed E-state index contributed by atoms with van der Waals surface area (Å²) in [5.41, 5.74) is 1.40. The van der Waals surface area contributed by atoms with E-state index < -0.39 is 0 Å². The number of halogens is 1. The Balaban J connectivity index is 1.90. The van der Waals surface area contributed by atoms with Gasteiger partial charge in [0.05, 0.1) is 0 Å². The Morgan fingerprint density at radius 3 is 2.67 bits per heavy atom. The first-order chi connectivity index (χ1) is 8.46. The van der Waals surface area contributed by atoms with Crippen molar-refractivity contribution in [2.45, 2.75) is 38.8 Å². The maximum atomic E-state index is 12.8. The first-order valence-corrected chi connectivity index (χ1v) is 6.70. The van der Waals surface area contributed by atoms with Gasteiger partial charge in [-0.2, -0.15) is 0 Å². The van der Waals surface area contributed by atoms with Crippen LogP contribution in [0.5, 0.6) is 0 Å². The summed E-state index contributed by atoms with van der Waals surface area (Å²) >= 11 is 0. The van der Waals surface area contributed by atoms with Gasteiger partial charge in [0.25, 0.3) is 0 Å². The Hall–Kier alpha value is -0.930. The van der Waals surface area contributed by atoms with E-state index in [9.17, 15) is 4.39 Å². The van der Waals surface area contributed by atoms with Crippen LogP contribution in [-0.2, 0) is 6.42 Å². The second-order valence-electron chi connectivity index (χ2n) is 5.96. The SMILES string of the molecule is CC1CNC(C)(C)CN1CCc1ccc(F)cc1. The molecule has 1 unspecified atom stereocenters. The number of rotatable bonds is 3. The van der Waals surface area contributed by atoms with E-state index in [1.165, 1.54) is 5.56 Å². The maximum Gasteiger partial charge on any atom is 0.123 e. The van der Waals surface area contributed by atoms with Crippen LogP contribution in [0, 0.1) is 5.82 Å². The van der Waals surface area contributed by atoms with Gasteiger partial charge in [-0.3, -0.25) is 4.90 Å². The van der Waals surface area contributed by atoms with Crippen molar-refractivity contribution < 1.29 is 4.39 Å². The van der Waals surface area contributed by atoms with Crippen molar-refractivity contribution in [3.8, 4) is 0 Å². The van der Waals surface area contributed by atoms with E-state index >= 15 is 0 Å². The molecule has 1 aromatic carbocycles. The van der Waals surface area contributed by atoms with Crippen molar-refractivity contribution in [1.82, 2.24) is 10.2 Å². The van der Waals surface area contributed by atoms with Gasteiger partial charge in [-0.1, -0.05) is 12.1 Å². The quantitative estimate of drug-likeness (QED) is 0.886. The molecule has 2 nitrogen and oxygen atoms in total. The van der Waals surface area contributed by atoms with Crippen molar-refractivity contribution in [3.05, 3.63) is 35.6 Å². The highest BCUT2D eigenvalue weighted by molar-refractivity contribution is 5.16. The number of benzene rings is 1. The van der Waals surface area contributed by atoms with Gasteiger partial charge in [-0.05, 0) is 44.9 Å². The lowest BCUT2D eigenvalue weighted by molar-refractivity contribution is 0.106. The Kier molecular flexibility index (Phi) is 4.03. The average Bonchev–Trinajstić information content (AvgIpc) is 2.32. The van der Waals surface area contributed by atoms with Crippen molar-refractivity contribution in [1.29, 1.82) is 0 Å². The van der Waals surface area contributed by atoms with Gasteiger partial charge in [0.1, 0.15) is 5.82 Å². The third kappa shape index (κ3) is 3.53. The molecule has 18 heavy (non-hydrogen) atoms. The highest BCUT2D eigenvalue weighted by atomic mass is 19.1. The van der Waals surface area contributed by atoms with E-state index in [4.69, 9.17) is 0 Å². The van der Waals surface area contributed by atoms with Crippen LogP contribution < -0.4 is 5.32 Å². The van der Waals surface area contributed by atoms with Crippen LogP contribution in [0.25, 0.3) is 0 Å². The highest BCUT2D eigenvalue weighted by Gasteiger charge is 2.29. The Labute approximate surface area is 109 Å². The molecular weight excluding hydrogens is 227 g/mol. The Bertz CT molecular complexity index is 386.